The average molecular weight is 348 g/mol. The summed E-state index contributed by atoms with van der Waals surface area (Å²) < 4.78 is 10.5. The molecule has 1 aliphatic heterocycles. The molecule has 7 nitrogen and oxygen atoms in total. The minimum atomic E-state index is -0.878. The van der Waals surface area contributed by atoms with Crippen molar-refractivity contribution in [1.82, 2.24) is 4.90 Å². The highest BCUT2D eigenvalue weighted by Gasteiger charge is 2.37. The summed E-state index contributed by atoms with van der Waals surface area (Å²) in [5.41, 5.74) is 6.09. The van der Waals surface area contributed by atoms with Crippen molar-refractivity contribution in [3.05, 3.63) is 29.3 Å². The van der Waals surface area contributed by atoms with Gasteiger partial charge in [-0.3, -0.25) is 14.4 Å². The minimum absolute atomic E-state index is 0.00212. The zero-order valence-corrected chi connectivity index (χ0v) is 15.0. The molecule has 0 saturated heterocycles. The van der Waals surface area contributed by atoms with Gasteiger partial charge in [-0.25, -0.2) is 0 Å². The SMILES string of the molecule is COc1cccc2c1CN([C@@H](CCC(=O)OC(C)(C)C)C(N)=O)C2=O. The van der Waals surface area contributed by atoms with Crippen LogP contribution in [0.3, 0.4) is 0 Å². The number of hydrogen-bond acceptors (Lipinski definition) is 5. The number of rotatable bonds is 6. The summed E-state index contributed by atoms with van der Waals surface area (Å²) in [6.07, 6.45) is 0.119. The molecule has 1 aromatic rings. The number of fused-ring (bicyclic) bond motifs is 1. The van der Waals surface area contributed by atoms with Gasteiger partial charge in [-0.05, 0) is 39.3 Å². The van der Waals surface area contributed by atoms with E-state index in [1.54, 1.807) is 39.0 Å². The van der Waals surface area contributed by atoms with Crippen LogP contribution in [0.25, 0.3) is 0 Å². The third-order valence-electron chi connectivity index (χ3n) is 3.92. The van der Waals surface area contributed by atoms with Crippen LogP contribution in [0.1, 0.15) is 49.5 Å². The van der Waals surface area contributed by atoms with Crippen molar-refractivity contribution in [2.24, 2.45) is 5.73 Å². The summed E-state index contributed by atoms with van der Waals surface area (Å²) in [4.78, 5) is 37.8. The first-order valence-corrected chi connectivity index (χ1v) is 8.12. The Morgan fingerprint density at radius 3 is 2.56 bits per heavy atom. The van der Waals surface area contributed by atoms with Crippen molar-refractivity contribution in [3.63, 3.8) is 0 Å². The summed E-state index contributed by atoms with van der Waals surface area (Å²) >= 11 is 0. The Morgan fingerprint density at radius 1 is 1.32 bits per heavy atom. The van der Waals surface area contributed by atoms with E-state index in [2.05, 4.69) is 0 Å². The van der Waals surface area contributed by atoms with Crippen LogP contribution in [0.4, 0.5) is 0 Å². The predicted octanol–water partition coefficient (Wildman–Crippen LogP) is 1.63. The van der Waals surface area contributed by atoms with Crippen molar-refractivity contribution in [2.45, 2.75) is 51.8 Å². The Balaban J connectivity index is 2.13. The summed E-state index contributed by atoms with van der Waals surface area (Å²) in [6.45, 7) is 5.52. The number of primary amides is 1. The van der Waals surface area contributed by atoms with Gasteiger partial charge in [0.2, 0.25) is 5.91 Å². The number of esters is 1. The molecular formula is C18H24N2O5. The fourth-order valence-electron chi connectivity index (χ4n) is 2.87. The lowest BCUT2D eigenvalue weighted by Gasteiger charge is -2.25. The van der Waals surface area contributed by atoms with Crippen molar-refractivity contribution in [3.8, 4) is 5.75 Å². The molecule has 0 unspecified atom stereocenters. The molecular weight excluding hydrogens is 324 g/mol. The number of carbonyl (C=O) groups excluding carboxylic acids is 3. The lowest BCUT2D eigenvalue weighted by Crippen LogP contribution is -2.45. The van der Waals surface area contributed by atoms with E-state index in [9.17, 15) is 14.4 Å². The highest BCUT2D eigenvalue weighted by Crippen LogP contribution is 2.32. The Bertz CT molecular complexity index is 693. The molecule has 136 valence electrons. The van der Waals surface area contributed by atoms with Crippen molar-refractivity contribution >= 4 is 17.8 Å². The highest BCUT2D eigenvalue weighted by molar-refractivity contribution is 6.01. The summed E-state index contributed by atoms with van der Waals surface area (Å²) in [6, 6.07) is 4.29. The topological polar surface area (TPSA) is 98.9 Å². The molecule has 0 bridgehead atoms. The van der Waals surface area contributed by atoms with E-state index in [-0.39, 0.29) is 25.3 Å². The number of ether oxygens (including phenoxy) is 2. The van der Waals surface area contributed by atoms with E-state index >= 15 is 0 Å². The molecule has 1 heterocycles. The molecule has 1 aromatic carbocycles. The fraction of sp³-hybridized carbons (Fsp3) is 0.500. The van der Waals surface area contributed by atoms with Gasteiger partial charge in [-0.2, -0.15) is 0 Å². The Hall–Kier alpha value is -2.57. The van der Waals surface area contributed by atoms with Crippen LogP contribution < -0.4 is 10.5 Å². The van der Waals surface area contributed by atoms with Gasteiger partial charge in [-0.15, -0.1) is 0 Å². The maximum absolute atomic E-state index is 12.6. The zero-order chi connectivity index (χ0) is 18.8. The van der Waals surface area contributed by atoms with Gasteiger partial charge < -0.3 is 20.1 Å². The number of nitrogens with two attached hydrogens (primary N) is 1. The van der Waals surface area contributed by atoms with E-state index < -0.39 is 23.5 Å². The van der Waals surface area contributed by atoms with Crippen molar-refractivity contribution in [1.29, 1.82) is 0 Å². The fourth-order valence-corrected chi connectivity index (χ4v) is 2.87. The standard InChI is InChI=1S/C18H24N2O5/c1-18(2,3)25-15(21)9-8-13(16(19)22)20-10-12-11(17(20)23)6-5-7-14(12)24-4/h5-7,13H,8-10H2,1-4H3,(H2,19,22)/t13-/m0/s1. The van der Waals surface area contributed by atoms with Crippen LogP contribution >= 0.6 is 0 Å². The number of amides is 2. The van der Waals surface area contributed by atoms with E-state index in [1.807, 2.05) is 0 Å². The van der Waals surface area contributed by atoms with Crippen LogP contribution in [0.5, 0.6) is 5.75 Å². The minimum Gasteiger partial charge on any atom is -0.496 e. The van der Waals surface area contributed by atoms with Crippen LogP contribution in [-0.4, -0.2) is 41.4 Å². The smallest absolute Gasteiger partial charge is 0.306 e. The van der Waals surface area contributed by atoms with Gasteiger partial charge in [0.05, 0.1) is 13.7 Å². The average Bonchev–Trinajstić information content (AvgIpc) is 2.83. The first kappa shape index (κ1) is 18.8. The first-order valence-electron chi connectivity index (χ1n) is 8.12. The Morgan fingerprint density at radius 2 is 2.00 bits per heavy atom. The molecule has 1 atom stereocenters. The summed E-state index contributed by atoms with van der Waals surface area (Å²) in [7, 11) is 1.52. The predicted molar refractivity (Wildman–Crippen MR) is 90.9 cm³/mol. The number of benzene rings is 1. The Kier molecular flexibility index (Phi) is 5.35. The second kappa shape index (κ2) is 7.13. The molecule has 0 aromatic heterocycles. The number of hydrogen-bond donors (Lipinski definition) is 1. The van der Waals surface area contributed by atoms with Crippen molar-refractivity contribution in [2.75, 3.05) is 7.11 Å². The molecule has 0 radical (unpaired) electrons. The lowest BCUT2D eigenvalue weighted by atomic mass is 10.1. The van der Waals surface area contributed by atoms with E-state index in [0.717, 1.165) is 5.56 Å². The van der Waals surface area contributed by atoms with Gasteiger partial charge >= 0.3 is 5.97 Å². The maximum atomic E-state index is 12.6. The van der Waals surface area contributed by atoms with Crippen LogP contribution in [0, 0.1) is 0 Å². The number of nitrogens with zero attached hydrogens (tertiary/aromatic N) is 1. The third-order valence-corrected chi connectivity index (χ3v) is 3.92. The van der Waals surface area contributed by atoms with Crippen molar-refractivity contribution < 1.29 is 23.9 Å². The van der Waals surface area contributed by atoms with Gasteiger partial charge in [-0.1, -0.05) is 6.07 Å². The lowest BCUT2D eigenvalue weighted by molar-refractivity contribution is -0.155. The van der Waals surface area contributed by atoms with Gasteiger partial charge in [0, 0.05) is 17.5 Å². The largest absolute Gasteiger partial charge is 0.496 e. The molecule has 2 amide bonds. The molecule has 0 saturated carbocycles. The molecule has 2 N–H and O–H groups in total. The molecule has 1 aliphatic rings. The quantitative estimate of drug-likeness (QED) is 0.788. The summed E-state index contributed by atoms with van der Waals surface area (Å²) in [5.74, 6) is -0.783. The second-order valence-electron chi connectivity index (χ2n) is 6.96. The number of methoxy groups -OCH3 is 1. The molecule has 0 fully saturated rings. The first-order chi connectivity index (χ1) is 11.6. The van der Waals surface area contributed by atoms with Crippen LogP contribution in [-0.2, 0) is 20.9 Å². The molecule has 2 rings (SSSR count). The summed E-state index contributed by atoms with van der Waals surface area (Å²) in [5, 5.41) is 0. The number of carbonyl (C=O) groups is 3. The normalized spacial score (nSPS) is 14.9. The van der Waals surface area contributed by atoms with E-state index in [4.69, 9.17) is 15.2 Å². The van der Waals surface area contributed by atoms with Gasteiger partial charge in [0.15, 0.2) is 0 Å². The Labute approximate surface area is 147 Å². The van der Waals surface area contributed by atoms with Crippen LogP contribution in [0.2, 0.25) is 0 Å². The third kappa shape index (κ3) is 4.29. The monoisotopic (exact) mass is 348 g/mol. The van der Waals surface area contributed by atoms with Crippen LogP contribution in [0.15, 0.2) is 18.2 Å². The van der Waals surface area contributed by atoms with Gasteiger partial charge in [0.25, 0.3) is 5.91 Å². The zero-order valence-electron chi connectivity index (χ0n) is 15.0. The van der Waals surface area contributed by atoms with E-state index in [1.165, 1.54) is 12.0 Å². The maximum Gasteiger partial charge on any atom is 0.306 e. The van der Waals surface area contributed by atoms with E-state index in [0.29, 0.717) is 11.3 Å². The second-order valence-corrected chi connectivity index (χ2v) is 6.96. The molecule has 7 heteroatoms. The molecule has 0 spiro atoms. The molecule has 0 aliphatic carbocycles. The van der Waals surface area contributed by atoms with Gasteiger partial charge in [0.1, 0.15) is 17.4 Å². The highest BCUT2D eigenvalue weighted by atomic mass is 16.6. The molecule has 25 heavy (non-hydrogen) atoms.